The van der Waals surface area contributed by atoms with Gasteiger partial charge in [-0.05, 0) is 36.9 Å². The maximum atomic E-state index is 9.86. The number of hydrogen-bond donors (Lipinski definition) is 2. The molecule has 0 aliphatic heterocycles. The molecule has 1 atom stereocenters. The number of halogens is 2. The summed E-state index contributed by atoms with van der Waals surface area (Å²) in [5.41, 5.74) is 0.718. The molecule has 2 N–H and O–H groups in total. The molecule has 102 valence electrons. The van der Waals surface area contributed by atoms with Gasteiger partial charge in [0, 0.05) is 28.0 Å². The Morgan fingerprint density at radius 2 is 2.16 bits per heavy atom. The Balaban J connectivity index is 1.95. The molecule has 0 aliphatic carbocycles. The summed E-state index contributed by atoms with van der Waals surface area (Å²) in [6.45, 7) is 2.65. The third-order valence-corrected chi connectivity index (χ3v) is 4.24. The fourth-order valence-electron chi connectivity index (χ4n) is 1.84. The zero-order valence-corrected chi connectivity index (χ0v) is 12.8. The van der Waals surface area contributed by atoms with E-state index in [0.717, 1.165) is 12.0 Å². The van der Waals surface area contributed by atoms with E-state index >= 15 is 0 Å². The summed E-state index contributed by atoms with van der Waals surface area (Å²) in [6.07, 6.45) is 0.965. The highest BCUT2D eigenvalue weighted by molar-refractivity contribution is 7.09. The van der Waals surface area contributed by atoms with Gasteiger partial charge >= 0.3 is 0 Å². The molecular formula is C14H15Cl2NOS. The fraction of sp³-hybridized carbons (Fsp3) is 0.286. The van der Waals surface area contributed by atoms with Gasteiger partial charge in [-0.15, -0.1) is 11.3 Å². The minimum absolute atomic E-state index is 0.0990. The molecule has 1 aromatic heterocycles. The van der Waals surface area contributed by atoms with Crippen LogP contribution in [0.2, 0.25) is 10.0 Å². The van der Waals surface area contributed by atoms with Gasteiger partial charge in [-0.2, -0.15) is 0 Å². The normalized spacial score (nSPS) is 12.6. The highest BCUT2D eigenvalue weighted by Gasteiger charge is 2.10. The molecule has 19 heavy (non-hydrogen) atoms. The smallest absolute Gasteiger partial charge is 0.138 e. The summed E-state index contributed by atoms with van der Waals surface area (Å²) in [6, 6.07) is 7.76. The molecule has 2 nitrogen and oxygen atoms in total. The molecule has 0 aliphatic rings. The molecule has 1 heterocycles. The van der Waals surface area contributed by atoms with Crippen LogP contribution in [0.15, 0.2) is 29.6 Å². The first-order valence-electron chi connectivity index (χ1n) is 5.99. The Kier molecular flexibility index (Phi) is 5.11. The molecule has 1 unspecified atom stereocenters. The number of phenols is 1. The number of nitrogens with one attached hydrogen (secondary N) is 1. The van der Waals surface area contributed by atoms with Crippen molar-refractivity contribution >= 4 is 34.5 Å². The molecule has 5 heteroatoms. The largest absolute Gasteiger partial charge is 0.506 e. The predicted molar refractivity (Wildman–Crippen MR) is 82.5 cm³/mol. The van der Waals surface area contributed by atoms with E-state index < -0.39 is 0 Å². The summed E-state index contributed by atoms with van der Waals surface area (Å²) in [4.78, 5) is 1.34. The van der Waals surface area contributed by atoms with Gasteiger partial charge in [-0.3, -0.25) is 0 Å². The van der Waals surface area contributed by atoms with E-state index in [0.29, 0.717) is 17.6 Å². The molecule has 0 saturated heterocycles. The molecule has 2 rings (SSSR count). The highest BCUT2D eigenvalue weighted by atomic mass is 35.5. The van der Waals surface area contributed by atoms with Crippen LogP contribution in [0.1, 0.15) is 17.4 Å². The van der Waals surface area contributed by atoms with E-state index in [-0.39, 0.29) is 10.8 Å². The van der Waals surface area contributed by atoms with E-state index in [2.05, 4.69) is 29.8 Å². The van der Waals surface area contributed by atoms with Crippen LogP contribution in [0.5, 0.6) is 5.75 Å². The lowest BCUT2D eigenvalue weighted by Crippen LogP contribution is -2.27. The maximum Gasteiger partial charge on any atom is 0.138 e. The monoisotopic (exact) mass is 315 g/mol. The van der Waals surface area contributed by atoms with Crippen molar-refractivity contribution in [2.45, 2.75) is 25.9 Å². The average molecular weight is 316 g/mol. The molecule has 0 radical (unpaired) electrons. The Morgan fingerprint density at radius 1 is 1.37 bits per heavy atom. The van der Waals surface area contributed by atoms with Gasteiger partial charge in [-0.25, -0.2) is 0 Å². The Labute approximate surface area is 127 Å². The standard InChI is InChI=1S/C14H15Cl2NOS/c1-9(5-12-3-2-4-19-12)17-8-10-6-11(15)7-13(16)14(10)18/h2-4,6-7,9,17-18H,5,8H2,1H3. The van der Waals surface area contributed by atoms with Crippen molar-refractivity contribution in [1.82, 2.24) is 5.32 Å². The van der Waals surface area contributed by atoms with Gasteiger partial charge in [-0.1, -0.05) is 29.3 Å². The molecule has 0 fully saturated rings. The number of thiophene rings is 1. The van der Waals surface area contributed by atoms with E-state index in [1.54, 1.807) is 17.4 Å². The van der Waals surface area contributed by atoms with Crippen molar-refractivity contribution in [3.63, 3.8) is 0 Å². The number of aromatic hydroxyl groups is 1. The lowest BCUT2D eigenvalue weighted by Gasteiger charge is -2.14. The third kappa shape index (κ3) is 4.11. The van der Waals surface area contributed by atoms with Crippen LogP contribution in [0, 0.1) is 0 Å². The molecule has 0 bridgehead atoms. The molecule has 0 saturated carbocycles. The van der Waals surface area contributed by atoms with Gasteiger partial charge < -0.3 is 10.4 Å². The summed E-state index contributed by atoms with van der Waals surface area (Å²) in [5.74, 6) is 0.0990. The Morgan fingerprint density at radius 3 is 2.84 bits per heavy atom. The quantitative estimate of drug-likeness (QED) is 0.852. The van der Waals surface area contributed by atoms with Gasteiger partial charge in [0.2, 0.25) is 0 Å². The highest BCUT2D eigenvalue weighted by Crippen LogP contribution is 2.31. The van der Waals surface area contributed by atoms with Crippen LogP contribution in [0.25, 0.3) is 0 Å². The summed E-state index contributed by atoms with van der Waals surface area (Å²) >= 11 is 13.6. The zero-order valence-electron chi connectivity index (χ0n) is 10.5. The van der Waals surface area contributed by atoms with Crippen molar-refractivity contribution < 1.29 is 5.11 Å². The topological polar surface area (TPSA) is 32.3 Å². The predicted octanol–water partition coefficient (Wildman–Crippen LogP) is 4.48. The lowest BCUT2D eigenvalue weighted by atomic mass is 10.1. The van der Waals surface area contributed by atoms with Crippen molar-refractivity contribution in [2.75, 3.05) is 0 Å². The second-order valence-electron chi connectivity index (χ2n) is 4.46. The molecule has 2 aromatic rings. The Bertz CT molecular complexity index is 543. The van der Waals surface area contributed by atoms with Crippen LogP contribution in [-0.4, -0.2) is 11.1 Å². The average Bonchev–Trinajstić information content (AvgIpc) is 2.84. The van der Waals surface area contributed by atoms with Gasteiger partial charge in [0.1, 0.15) is 5.75 Å². The zero-order chi connectivity index (χ0) is 13.8. The SMILES string of the molecule is CC(Cc1cccs1)NCc1cc(Cl)cc(Cl)c1O. The van der Waals surface area contributed by atoms with Crippen LogP contribution in [0.4, 0.5) is 0 Å². The summed E-state index contributed by atoms with van der Waals surface area (Å²) in [7, 11) is 0. The first kappa shape index (κ1) is 14.7. The van der Waals surface area contributed by atoms with Crippen LogP contribution >= 0.6 is 34.5 Å². The van der Waals surface area contributed by atoms with Crippen molar-refractivity contribution in [3.05, 3.63) is 50.1 Å². The van der Waals surface area contributed by atoms with Crippen LogP contribution in [0.3, 0.4) is 0 Å². The molecule has 0 amide bonds. The van der Waals surface area contributed by atoms with Gasteiger partial charge in [0.25, 0.3) is 0 Å². The van der Waals surface area contributed by atoms with Gasteiger partial charge in [0.15, 0.2) is 0 Å². The summed E-state index contributed by atoms with van der Waals surface area (Å²) in [5, 5.41) is 16.1. The van der Waals surface area contributed by atoms with E-state index in [4.69, 9.17) is 23.2 Å². The van der Waals surface area contributed by atoms with Crippen molar-refractivity contribution in [1.29, 1.82) is 0 Å². The van der Waals surface area contributed by atoms with E-state index in [9.17, 15) is 5.11 Å². The number of hydrogen-bond acceptors (Lipinski definition) is 3. The van der Waals surface area contributed by atoms with Crippen molar-refractivity contribution in [2.24, 2.45) is 0 Å². The summed E-state index contributed by atoms with van der Waals surface area (Å²) < 4.78 is 0. The van der Waals surface area contributed by atoms with Crippen LogP contribution in [-0.2, 0) is 13.0 Å². The second-order valence-corrected chi connectivity index (χ2v) is 6.34. The first-order chi connectivity index (χ1) is 9.06. The number of rotatable bonds is 5. The molecular weight excluding hydrogens is 301 g/mol. The minimum Gasteiger partial charge on any atom is -0.506 e. The van der Waals surface area contributed by atoms with E-state index in [1.165, 1.54) is 10.9 Å². The Hall–Kier alpha value is -0.740. The second kappa shape index (κ2) is 6.62. The first-order valence-corrected chi connectivity index (χ1v) is 7.62. The lowest BCUT2D eigenvalue weighted by molar-refractivity contribution is 0.459. The molecule has 0 spiro atoms. The van der Waals surface area contributed by atoms with E-state index in [1.807, 2.05) is 0 Å². The minimum atomic E-state index is 0.0990. The van der Waals surface area contributed by atoms with Crippen molar-refractivity contribution in [3.8, 4) is 5.75 Å². The fourth-order valence-corrected chi connectivity index (χ4v) is 3.21. The molecule has 1 aromatic carbocycles. The third-order valence-electron chi connectivity index (χ3n) is 2.84. The maximum absolute atomic E-state index is 9.86. The number of phenolic OH excluding ortho intramolecular Hbond substituents is 1. The van der Waals surface area contributed by atoms with Crippen LogP contribution < -0.4 is 5.32 Å². The number of benzene rings is 1. The van der Waals surface area contributed by atoms with Gasteiger partial charge in [0.05, 0.1) is 5.02 Å².